The van der Waals surface area contributed by atoms with Crippen LogP contribution >= 0.6 is 11.6 Å². The van der Waals surface area contributed by atoms with Crippen LogP contribution in [0, 0.1) is 0 Å². The van der Waals surface area contributed by atoms with Gasteiger partial charge in [-0.15, -0.1) is 0 Å². The Hall–Kier alpha value is -1.20. The smallest absolute Gasteiger partial charge is 0.230 e. The lowest BCUT2D eigenvalue weighted by molar-refractivity contribution is -0.116. The van der Waals surface area contributed by atoms with Crippen LogP contribution in [0.25, 0.3) is 0 Å². The molecular weight excluding hydrogens is 228 g/mol. The van der Waals surface area contributed by atoms with E-state index in [0.29, 0.717) is 11.6 Å². The zero-order valence-electron chi connectivity index (χ0n) is 9.11. The van der Waals surface area contributed by atoms with Gasteiger partial charge in [-0.2, -0.15) is 0 Å². The van der Waals surface area contributed by atoms with Crippen molar-refractivity contribution in [2.75, 3.05) is 5.32 Å². The van der Waals surface area contributed by atoms with E-state index in [1.807, 2.05) is 6.92 Å². The fourth-order valence-corrected chi connectivity index (χ4v) is 1.31. The second kappa shape index (κ2) is 6.40. The normalized spacial score (nSPS) is 12.2. The van der Waals surface area contributed by atoms with E-state index in [0.717, 1.165) is 12.8 Å². The quantitative estimate of drug-likeness (QED) is 0.769. The van der Waals surface area contributed by atoms with Gasteiger partial charge in [0.15, 0.2) is 0 Å². The Morgan fingerprint density at radius 2 is 2.44 bits per heavy atom. The number of rotatable bonds is 5. The average Bonchev–Trinajstić information content (AvgIpc) is 2.16. The molecule has 0 aromatic carbocycles. The van der Waals surface area contributed by atoms with Crippen molar-refractivity contribution in [2.45, 2.75) is 32.2 Å². The van der Waals surface area contributed by atoms with E-state index in [2.05, 4.69) is 15.3 Å². The summed E-state index contributed by atoms with van der Waals surface area (Å²) in [5.74, 6) is 0.112. The van der Waals surface area contributed by atoms with Crippen LogP contribution in [-0.2, 0) is 4.79 Å². The molecule has 1 heterocycles. The first kappa shape index (κ1) is 12.9. The number of nitrogens with one attached hydrogen (secondary N) is 1. The number of hydrogen-bond donors (Lipinski definition) is 2. The fourth-order valence-electron chi connectivity index (χ4n) is 1.17. The van der Waals surface area contributed by atoms with Crippen LogP contribution in [0.15, 0.2) is 12.3 Å². The van der Waals surface area contributed by atoms with E-state index >= 15 is 0 Å². The van der Waals surface area contributed by atoms with Gasteiger partial charge in [-0.1, -0.05) is 11.6 Å². The average molecular weight is 243 g/mol. The molecule has 0 aliphatic rings. The molecule has 1 rings (SSSR count). The molecule has 16 heavy (non-hydrogen) atoms. The van der Waals surface area contributed by atoms with Gasteiger partial charge in [0.1, 0.15) is 5.15 Å². The number of nitrogens with zero attached hydrogens (tertiary/aromatic N) is 2. The molecular formula is C10H15ClN4O. The Kier molecular flexibility index (Phi) is 5.14. The molecule has 1 unspecified atom stereocenters. The Morgan fingerprint density at radius 3 is 3.06 bits per heavy atom. The Bertz CT molecular complexity index is 356. The molecule has 3 N–H and O–H groups in total. The Balaban J connectivity index is 2.34. The largest absolute Gasteiger partial charge is 0.328 e. The van der Waals surface area contributed by atoms with Crippen LogP contribution < -0.4 is 11.1 Å². The van der Waals surface area contributed by atoms with Gasteiger partial charge in [0, 0.05) is 18.7 Å². The lowest BCUT2D eigenvalue weighted by Gasteiger charge is -2.05. The van der Waals surface area contributed by atoms with Gasteiger partial charge >= 0.3 is 0 Å². The Morgan fingerprint density at radius 1 is 1.69 bits per heavy atom. The molecule has 0 aliphatic carbocycles. The number of amides is 1. The summed E-state index contributed by atoms with van der Waals surface area (Å²) >= 11 is 5.66. The Labute approximate surface area is 99.4 Å². The van der Waals surface area contributed by atoms with E-state index in [1.165, 1.54) is 6.20 Å². The van der Waals surface area contributed by atoms with E-state index < -0.39 is 0 Å². The molecule has 0 fully saturated rings. The van der Waals surface area contributed by atoms with Crippen molar-refractivity contribution >= 4 is 23.5 Å². The molecule has 1 amide bonds. The summed E-state index contributed by atoms with van der Waals surface area (Å²) in [6, 6.07) is 1.67. The van der Waals surface area contributed by atoms with Crippen LogP contribution in [0.3, 0.4) is 0 Å². The summed E-state index contributed by atoms with van der Waals surface area (Å²) in [6.07, 6.45) is 3.48. The van der Waals surface area contributed by atoms with Crippen molar-refractivity contribution in [2.24, 2.45) is 5.73 Å². The first-order valence-electron chi connectivity index (χ1n) is 5.12. The van der Waals surface area contributed by atoms with Crippen LogP contribution in [-0.4, -0.2) is 21.9 Å². The standard InChI is InChI=1S/C10H15ClN4O/c1-7(12)3-2-4-9(16)15-10-13-6-5-8(11)14-10/h5-7H,2-4,12H2,1H3,(H,13,14,15,16). The zero-order valence-corrected chi connectivity index (χ0v) is 9.87. The van der Waals surface area contributed by atoms with Crippen molar-refractivity contribution in [3.8, 4) is 0 Å². The molecule has 6 heteroatoms. The van der Waals surface area contributed by atoms with Crippen LogP contribution in [0.4, 0.5) is 5.95 Å². The van der Waals surface area contributed by atoms with E-state index in [1.54, 1.807) is 6.07 Å². The van der Waals surface area contributed by atoms with Crippen molar-refractivity contribution in [3.05, 3.63) is 17.4 Å². The summed E-state index contributed by atoms with van der Waals surface area (Å²) in [4.78, 5) is 19.2. The van der Waals surface area contributed by atoms with Crippen LogP contribution in [0.5, 0.6) is 0 Å². The van der Waals surface area contributed by atoms with Crippen LogP contribution in [0.1, 0.15) is 26.2 Å². The third-order valence-corrected chi connectivity index (χ3v) is 2.15. The summed E-state index contributed by atoms with van der Waals surface area (Å²) in [5, 5.41) is 2.88. The first-order valence-corrected chi connectivity index (χ1v) is 5.49. The van der Waals surface area contributed by atoms with Crippen LogP contribution in [0.2, 0.25) is 5.15 Å². The number of aromatic nitrogens is 2. The van der Waals surface area contributed by atoms with Crippen molar-refractivity contribution in [1.29, 1.82) is 0 Å². The highest BCUT2D eigenvalue weighted by Gasteiger charge is 2.05. The fraction of sp³-hybridized carbons (Fsp3) is 0.500. The number of nitrogens with two attached hydrogens (primary N) is 1. The SMILES string of the molecule is CC(N)CCCC(=O)Nc1nccc(Cl)n1. The highest BCUT2D eigenvalue weighted by molar-refractivity contribution is 6.29. The second-order valence-corrected chi connectivity index (χ2v) is 4.01. The molecule has 1 atom stereocenters. The number of halogens is 1. The summed E-state index contributed by atoms with van der Waals surface area (Å²) in [5.41, 5.74) is 5.58. The highest BCUT2D eigenvalue weighted by Crippen LogP contribution is 2.07. The topological polar surface area (TPSA) is 80.9 Å². The van der Waals surface area contributed by atoms with Gasteiger partial charge in [0.2, 0.25) is 11.9 Å². The zero-order chi connectivity index (χ0) is 12.0. The minimum Gasteiger partial charge on any atom is -0.328 e. The lowest BCUT2D eigenvalue weighted by atomic mass is 10.1. The third kappa shape index (κ3) is 5.04. The van der Waals surface area contributed by atoms with E-state index in [-0.39, 0.29) is 17.9 Å². The number of hydrogen-bond acceptors (Lipinski definition) is 4. The molecule has 0 saturated heterocycles. The maximum absolute atomic E-state index is 11.4. The van der Waals surface area contributed by atoms with Gasteiger partial charge in [0.25, 0.3) is 0 Å². The predicted octanol–water partition coefficient (Wildman–Crippen LogP) is 1.59. The van der Waals surface area contributed by atoms with Gasteiger partial charge in [0.05, 0.1) is 0 Å². The van der Waals surface area contributed by atoms with E-state index in [4.69, 9.17) is 17.3 Å². The summed E-state index contributed by atoms with van der Waals surface area (Å²) in [6.45, 7) is 1.91. The molecule has 0 spiro atoms. The summed E-state index contributed by atoms with van der Waals surface area (Å²) < 4.78 is 0. The molecule has 1 aromatic rings. The first-order chi connectivity index (χ1) is 7.58. The maximum atomic E-state index is 11.4. The van der Waals surface area contributed by atoms with Gasteiger partial charge < -0.3 is 5.73 Å². The van der Waals surface area contributed by atoms with Crippen molar-refractivity contribution in [3.63, 3.8) is 0 Å². The number of carbonyl (C=O) groups excluding carboxylic acids is 1. The van der Waals surface area contributed by atoms with Gasteiger partial charge in [-0.05, 0) is 25.8 Å². The second-order valence-electron chi connectivity index (χ2n) is 3.62. The van der Waals surface area contributed by atoms with E-state index in [9.17, 15) is 4.79 Å². The molecule has 0 saturated carbocycles. The minimum atomic E-state index is -0.122. The highest BCUT2D eigenvalue weighted by atomic mass is 35.5. The maximum Gasteiger partial charge on any atom is 0.230 e. The van der Waals surface area contributed by atoms with Crippen molar-refractivity contribution < 1.29 is 4.79 Å². The molecule has 88 valence electrons. The van der Waals surface area contributed by atoms with Gasteiger partial charge in [-0.3, -0.25) is 10.1 Å². The lowest BCUT2D eigenvalue weighted by Crippen LogP contribution is -2.17. The number of anilines is 1. The minimum absolute atomic E-state index is 0.121. The molecule has 5 nitrogen and oxygen atoms in total. The molecule has 0 radical (unpaired) electrons. The molecule has 0 bridgehead atoms. The summed E-state index contributed by atoms with van der Waals surface area (Å²) in [7, 11) is 0. The number of carbonyl (C=O) groups is 1. The molecule has 0 aliphatic heterocycles. The van der Waals surface area contributed by atoms with Gasteiger partial charge in [-0.25, -0.2) is 9.97 Å². The molecule has 1 aromatic heterocycles. The third-order valence-electron chi connectivity index (χ3n) is 1.94. The monoisotopic (exact) mass is 242 g/mol. The predicted molar refractivity (Wildman–Crippen MR) is 63.2 cm³/mol. The van der Waals surface area contributed by atoms with Crippen molar-refractivity contribution in [1.82, 2.24) is 9.97 Å².